The molecule has 17 heavy (non-hydrogen) atoms. The van der Waals surface area contributed by atoms with Crippen molar-refractivity contribution in [3.8, 4) is 0 Å². The number of hydrogen-bond donors (Lipinski definition) is 1. The summed E-state index contributed by atoms with van der Waals surface area (Å²) in [4.78, 5) is 25.4. The summed E-state index contributed by atoms with van der Waals surface area (Å²) in [5.74, 6) is -0.455. The molecule has 0 aliphatic carbocycles. The van der Waals surface area contributed by atoms with E-state index in [-0.39, 0.29) is 17.1 Å². The molecule has 0 radical (unpaired) electrons. The Hall–Kier alpha value is -1.49. The van der Waals surface area contributed by atoms with Crippen LogP contribution in [0, 0.1) is 0 Å². The zero-order chi connectivity index (χ0) is 12.6. The van der Waals surface area contributed by atoms with Gasteiger partial charge in [0.1, 0.15) is 0 Å². The number of rotatable bonds is 3. The normalized spacial score (nSPS) is 16.2. The van der Waals surface area contributed by atoms with E-state index in [2.05, 4.69) is 0 Å². The molecule has 2 rings (SSSR count). The van der Waals surface area contributed by atoms with E-state index in [1.165, 1.54) is 4.90 Å². The number of carbonyl (C=O) groups excluding carboxylic acids is 2. The molecule has 1 aromatic rings. The number of imide groups is 1. The van der Waals surface area contributed by atoms with Crippen molar-refractivity contribution in [1.29, 1.82) is 0 Å². The summed E-state index contributed by atoms with van der Waals surface area (Å²) >= 11 is 1.63. The van der Waals surface area contributed by atoms with Crippen LogP contribution < -0.4 is 5.73 Å². The Labute approximate surface area is 104 Å². The summed E-state index contributed by atoms with van der Waals surface area (Å²) in [6.07, 6.45) is 1.96. The predicted octanol–water partition coefficient (Wildman–Crippen LogP) is 1.62. The van der Waals surface area contributed by atoms with Crippen molar-refractivity contribution in [3.63, 3.8) is 0 Å². The molecule has 0 spiro atoms. The third-order valence-electron chi connectivity index (χ3n) is 2.84. The maximum Gasteiger partial charge on any atom is 0.261 e. The first-order valence-electron chi connectivity index (χ1n) is 5.33. The van der Waals surface area contributed by atoms with E-state index < -0.39 is 0 Å². The van der Waals surface area contributed by atoms with Crippen molar-refractivity contribution >= 4 is 29.3 Å². The lowest BCUT2D eigenvalue weighted by Gasteiger charge is -2.17. The molecule has 1 aliphatic rings. The maximum atomic E-state index is 12.1. The van der Waals surface area contributed by atoms with Gasteiger partial charge in [0.15, 0.2) is 0 Å². The molecule has 0 fully saturated rings. The fourth-order valence-electron chi connectivity index (χ4n) is 1.81. The number of carbonyl (C=O) groups is 2. The number of nitrogen functional groups attached to an aromatic ring is 1. The van der Waals surface area contributed by atoms with Gasteiger partial charge in [-0.05, 0) is 24.5 Å². The number of thioether (sulfide) groups is 1. The third-order valence-corrected chi connectivity index (χ3v) is 3.79. The largest absolute Gasteiger partial charge is 0.399 e. The monoisotopic (exact) mass is 250 g/mol. The van der Waals surface area contributed by atoms with Gasteiger partial charge in [-0.15, -0.1) is 0 Å². The van der Waals surface area contributed by atoms with Crippen molar-refractivity contribution in [2.75, 3.05) is 18.5 Å². The highest BCUT2D eigenvalue weighted by Gasteiger charge is 2.35. The van der Waals surface area contributed by atoms with Crippen molar-refractivity contribution < 1.29 is 9.59 Å². The number of nitrogens with two attached hydrogens (primary N) is 1. The highest BCUT2D eigenvalue weighted by Crippen LogP contribution is 2.25. The molecule has 0 aromatic heterocycles. The minimum Gasteiger partial charge on any atom is -0.399 e. The molecule has 0 saturated carbocycles. The molecule has 4 nitrogen and oxygen atoms in total. The van der Waals surface area contributed by atoms with Crippen LogP contribution in [0.25, 0.3) is 0 Å². The van der Waals surface area contributed by atoms with E-state index in [0.717, 1.165) is 0 Å². The topological polar surface area (TPSA) is 63.4 Å². The Kier molecular flexibility index (Phi) is 3.11. The van der Waals surface area contributed by atoms with E-state index in [1.807, 2.05) is 13.2 Å². The third kappa shape index (κ3) is 2.02. The van der Waals surface area contributed by atoms with Crippen molar-refractivity contribution in [2.24, 2.45) is 0 Å². The van der Waals surface area contributed by atoms with Crippen LogP contribution >= 0.6 is 11.8 Å². The van der Waals surface area contributed by atoms with Crippen LogP contribution in [-0.2, 0) is 0 Å². The van der Waals surface area contributed by atoms with E-state index in [9.17, 15) is 9.59 Å². The van der Waals surface area contributed by atoms with E-state index >= 15 is 0 Å². The zero-order valence-corrected chi connectivity index (χ0v) is 10.6. The molecular formula is C12H14N2O2S. The van der Waals surface area contributed by atoms with Crippen LogP contribution in [-0.4, -0.2) is 34.8 Å². The van der Waals surface area contributed by atoms with E-state index in [4.69, 9.17) is 5.73 Å². The minimum atomic E-state index is -0.238. The molecule has 1 heterocycles. The van der Waals surface area contributed by atoms with E-state index in [1.54, 1.807) is 30.0 Å². The zero-order valence-electron chi connectivity index (χ0n) is 9.77. The fraction of sp³-hybridized carbons (Fsp3) is 0.333. The predicted molar refractivity (Wildman–Crippen MR) is 69.2 cm³/mol. The second kappa shape index (κ2) is 4.41. The Morgan fingerprint density at radius 3 is 2.59 bits per heavy atom. The van der Waals surface area contributed by atoms with Gasteiger partial charge in [-0.25, -0.2) is 0 Å². The number of fused-ring (bicyclic) bond motifs is 1. The van der Waals surface area contributed by atoms with Crippen LogP contribution in [0.5, 0.6) is 0 Å². The lowest BCUT2D eigenvalue weighted by Crippen LogP contribution is -2.34. The van der Waals surface area contributed by atoms with Gasteiger partial charge in [0.25, 0.3) is 11.8 Å². The van der Waals surface area contributed by atoms with Gasteiger partial charge < -0.3 is 5.73 Å². The van der Waals surface area contributed by atoms with Crippen molar-refractivity contribution in [1.82, 2.24) is 4.90 Å². The summed E-state index contributed by atoms with van der Waals surface area (Å²) in [5.41, 5.74) is 7.01. The molecule has 1 unspecified atom stereocenters. The van der Waals surface area contributed by atoms with Crippen LogP contribution in [0.4, 0.5) is 5.69 Å². The standard InChI is InChI=1S/C12H14N2O2S/c1-7(17-2)6-14-11(15)9-4-3-8(13)5-10(9)12(14)16/h3-5,7H,6,13H2,1-2H3. The molecule has 1 aliphatic heterocycles. The van der Waals surface area contributed by atoms with Gasteiger partial charge in [-0.2, -0.15) is 11.8 Å². The maximum absolute atomic E-state index is 12.1. The molecule has 90 valence electrons. The summed E-state index contributed by atoms with van der Waals surface area (Å²) in [7, 11) is 0. The van der Waals surface area contributed by atoms with E-state index in [0.29, 0.717) is 23.4 Å². The smallest absolute Gasteiger partial charge is 0.261 e. The highest BCUT2D eigenvalue weighted by atomic mass is 32.2. The summed E-state index contributed by atoms with van der Waals surface area (Å²) < 4.78 is 0. The van der Waals surface area contributed by atoms with Gasteiger partial charge >= 0.3 is 0 Å². The number of nitrogens with zero attached hydrogens (tertiary/aromatic N) is 1. The first kappa shape index (κ1) is 12.0. The molecule has 1 aromatic carbocycles. The molecular weight excluding hydrogens is 236 g/mol. The van der Waals surface area contributed by atoms with Gasteiger partial charge in [-0.1, -0.05) is 6.92 Å². The Balaban J connectivity index is 2.32. The number of benzene rings is 1. The lowest BCUT2D eigenvalue weighted by atomic mass is 10.1. The fourth-order valence-corrected chi connectivity index (χ4v) is 2.10. The summed E-state index contributed by atoms with van der Waals surface area (Å²) in [5, 5.41) is 0.231. The van der Waals surface area contributed by atoms with Gasteiger partial charge in [0.2, 0.25) is 0 Å². The second-order valence-electron chi connectivity index (χ2n) is 4.07. The summed E-state index contributed by atoms with van der Waals surface area (Å²) in [6, 6.07) is 4.83. The number of amides is 2. The molecule has 2 amide bonds. The Morgan fingerprint density at radius 1 is 1.29 bits per heavy atom. The van der Waals surface area contributed by atoms with Crippen molar-refractivity contribution in [3.05, 3.63) is 29.3 Å². The number of anilines is 1. The molecule has 0 bridgehead atoms. The quantitative estimate of drug-likeness (QED) is 0.654. The first-order valence-corrected chi connectivity index (χ1v) is 6.62. The highest BCUT2D eigenvalue weighted by molar-refractivity contribution is 7.99. The SMILES string of the molecule is CSC(C)CN1C(=O)c2ccc(N)cc2C1=O. The molecule has 1 atom stereocenters. The lowest BCUT2D eigenvalue weighted by molar-refractivity contribution is 0.0656. The Morgan fingerprint density at radius 2 is 1.94 bits per heavy atom. The summed E-state index contributed by atoms with van der Waals surface area (Å²) in [6.45, 7) is 2.43. The number of hydrogen-bond acceptors (Lipinski definition) is 4. The van der Waals surface area contributed by atoms with Gasteiger partial charge in [0, 0.05) is 17.5 Å². The molecule has 5 heteroatoms. The average molecular weight is 250 g/mol. The van der Waals surface area contributed by atoms with Crippen LogP contribution in [0.2, 0.25) is 0 Å². The van der Waals surface area contributed by atoms with Crippen LogP contribution in [0.15, 0.2) is 18.2 Å². The van der Waals surface area contributed by atoms with Crippen LogP contribution in [0.3, 0.4) is 0 Å². The second-order valence-corrected chi connectivity index (χ2v) is 5.35. The van der Waals surface area contributed by atoms with Gasteiger partial charge in [0.05, 0.1) is 11.1 Å². The average Bonchev–Trinajstić information content (AvgIpc) is 2.54. The minimum absolute atomic E-state index is 0.217. The molecule has 0 saturated heterocycles. The van der Waals surface area contributed by atoms with Gasteiger partial charge in [-0.3, -0.25) is 14.5 Å². The Bertz CT molecular complexity index is 487. The van der Waals surface area contributed by atoms with Crippen LogP contribution in [0.1, 0.15) is 27.6 Å². The molecule has 2 N–H and O–H groups in total. The first-order chi connectivity index (χ1) is 8.04. The van der Waals surface area contributed by atoms with Crippen molar-refractivity contribution in [2.45, 2.75) is 12.2 Å².